The molecule has 2 heterocycles. The zero-order valence-electron chi connectivity index (χ0n) is 22.1. The Balaban J connectivity index is 0.000000548. The van der Waals surface area contributed by atoms with Gasteiger partial charge in [0.1, 0.15) is 12.2 Å². The average Bonchev–Trinajstić information content (AvgIpc) is 3.29. The van der Waals surface area contributed by atoms with Crippen LogP contribution in [0.15, 0.2) is 30.6 Å². The summed E-state index contributed by atoms with van der Waals surface area (Å²) >= 11 is 0. The second-order valence-electron chi connectivity index (χ2n) is 8.35. The first kappa shape index (κ1) is 32.3. The summed E-state index contributed by atoms with van der Waals surface area (Å²) < 4.78 is 3.23. The van der Waals surface area contributed by atoms with Crippen LogP contribution in [0, 0.1) is 41.5 Å². The van der Waals surface area contributed by atoms with Crippen molar-refractivity contribution in [3.63, 3.8) is 0 Å². The predicted octanol–water partition coefficient (Wildman–Crippen LogP) is 4.20. The number of hydrogen-bond donors (Lipinski definition) is 0. The number of nitrogens with zero attached hydrogens (tertiary/aromatic N) is 4. The zero-order chi connectivity index (χ0) is 24.9. The van der Waals surface area contributed by atoms with Crippen molar-refractivity contribution in [2.75, 3.05) is 0 Å². The van der Waals surface area contributed by atoms with E-state index in [9.17, 15) is 9.59 Å². The maximum atomic E-state index is 11.5. The smallest absolute Gasteiger partial charge is 0.343 e. The number of carbonyl (C=O) groups is 2. The molecule has 4 rings (SSSR count). The molecule has 6 nitrogen and oxygen atoms in total. The van der Waals surface area contributed by atoms with Crippen molar-refractivity contribution in [1.29, 1.82) is 0 Å². The quantitative estimate of drug-likeness (QED) is 0.309. The van der Waals surface area contributed by atoms with Gasteiger partial charge in [-0.3, -0.25) is 18.7 Å². The summed E-state index contributed by atoms with van der Waals surface area (Å²) in [5.74, 6) is 0.761. The number of aryl methyl sites for hydroxylation is 5. The number of carbonyl (C=O) groups excluding carboxylic acids is 2. The number of rotatable bonds is 1. The van der Waals surface area contributed by atoms with Crippen molar-refractivity contribution in [3.05, 3.63) is 65.6 Å². The first-order valence-corrected chi connectivity index (χ1v) is 11.2. The van der Waals surface area contributed by atoms with E-state index in [2.05, 4.69) is 30.7 Å². The van der Waals surface area contributed by atoms with Gasteiger partial charge in [-0.15, -0.1) is 0 Å². The number of fused-ring (bicyclic) bond motifs is 2. The van der Waals surface area contributed by atoms with Crippen molar-refractivity contribution in [1.82, 2.24) is 19.1 Å². The van der Waals surface area contributed by atoms with Gasteiger partial charge in [-0.25, -0.2) is 9.97 Å². The third-order valence-corrected chi connectivity index (χ3v) is 5.61. The van der Waals surface area contributed by atoms with E-state index >= 15 is 0 Å². The standard InChI is InChI=1S/C12H14N2O.C11H12N2O.C4H9.CH4.Li/c1-7-5-11-12(6-8(7)2)14(10(4)15)9(3)13-11;1-7-4-10-11(5-8(7)2)13(6-12-10)9(3)14;1-3-4-2;;/h5-6H,1-4H3;4-6H,1-3H3;1,3-4H2,2H3;1H4;/q;;-1;;+1. The van der Waals surface area contributed by atoms with Crippen LogP contribution in [0.4, 0.5) is 0 Å². The number of unbranched alkanes of at least 4 members (excludes halogenated alkanes) is 1. The molecule has 0 N–H and O–H groups in total. The molecule has 0 atom stereocenters. The number of benzene rings is 2. The number of imidazole rings is 2. The predicted molar refractivity (Wildman–Crippen MR) is 143 cm³/mol. The fraction of sp³-hybridized carbons (Fsp3) is 0.393. The van der Waals surface area contributed by atoms with E-state index in [0.717, 1.165) is 34.3 Å². The second kappa shape index (κ2) is 14.0. The average molecular weight is 471 g/mol. The van der Waals surface area contributed by atoms with E-state index in [1.165, 1.54) is 35.6 Å². The van der Waals surface area contributed by atoms with Gasteiger partial charge >= 0.3 is 18.9 Å². The molecule has 0 aliphatic rings. The third-order valence-electron chi connectivity index (χ3n) is 5.61. The largest absolute Gasteiger partial charge is 1.00 e. The molecule has 0 saturated heterocycles. The van der Waals surface area contributed by atoms with Crippen LogP contribution in [-0.2, 0) is 0 Å². The van der Waals surface area contributed by atoms with Crippen molar-refractivity contribution >= 4 is 33.9 Å². The SMILES string of the molecule is C.CC(=O)n1c(C)nc2cc(C)c(C)cc21.CC(=O)n1cnc2cc(C)c(C)cc21.[CH2-]CCC.[Li+]. The van der Waals surface area contributed by atoms with E-state index in [-0.39, 0.29) is 38.1 Å². The second-order valence-corrected chi connectivity index (χ2v) is 8.35. The Labute approximate surface area is 222 Å². The van der Waals surface area contributed by atoms with Crippen molar-refractivity contribution in [3.8, 4) is 0 Å². The van der Waals surface area contributed by atoms with Crippen LogP contribution >= 0.6 is 0 Å². The van der Waals surface area contributed by atoms with Gasteiger partial charge in [-0.1, -0.05) is 20.8 Å². The van der Waals surface area contributed by atoms with Gasteiger partial charge < -0.3 is 6.92 Å². The summed E-state index contributed by atoms with van der Waals surface area (Å²) in [7, 11) is 0. The maximum absolute atomic E-state index is 11.5. The van der Waals surface area contributed by atoms with Crippen molar-refractivity contribution < 1.29 is 28.4 Å². The monoisotopic (exact) mass is 470 g/mol. The van der Waals surface area contributed by atoms with E-state index < -0.39 is 0 Å². The number of aromatic nitrogens is 4. The van der Waals surface area contributed by atoms with Crippen LogP contribution in [0.25, 0.3) is 22.1 Å². The van der Waals surface area contributed by atoms with Crippen LogP contribution in [0.2, 0.25) is 0 Å². The number of hydrogen-bond acceptors (Lipinski definition) is 4. The molecule has 35 heavy (non-hydrogen) atoms. The Morgan fingerprint density at radius 3 is 1.74 bits per heavy atom. The summed E-state index contributed by atoms with van der Waals surface area (Å²) in [5.41, 5.74) is 8.34. The Morgan fingerprint density at radius 1 is 0.829 bits per heavy atom. The molecule has 4 aromatic rings. The fourth-order valence-electron chi connectivity index (χ4n) is 3.37. The Kier molecular flexibility index (Phi) is 12.9. The molecule has 0 saturated carbocycles. The third kappa shape index (κ3) is 7.65. The van der Waals surface area contributed by atoms with Gasteiger partial charge in [0.05, 0.1) is 22.1 Å². The van der Waals surface area contributed by atoms with Crippen LogP contribution in [-0.4, -0.2) is 30.9 Å². The minimum absolute atomic E-state index is 0. The van der Waals surface area contributed by atoms with E-state index in [0.29, 0.717) is 0 Å². The van der Waals surface area contributed by atoms with Gasteiger partial charge in [-0.05, 0) is 81.1 Å². The molecular weight excluding hydrogens is 431 g/mol. The van der Waals surface area contributed by atoms with Crippen molar-refractivity contribution in [2.45, 2.75) is 75.7 Å². The molecule has 2 aromatic heterocycles. The summed E-state index contributed by atoms with van der Waals surface area (Å²) in [6.45, 7) is 18.8. The molecule has 7 heteroatoms. The Hall–Kier alpha value is -2.68. The molecule has 0 aliphatic heterocycles. The molecule has 0 spiro atoms. The maximum Gasteiger partial charge on any atom is 1.00 e. The summed E-state index contributed by atoms with van der Waals surface area (Å²) in [6.07, 6.45) is 3.85. The topological polar surface area (TPSA) is 69.8 Å². The minimum atomic E-state index is -0.00393. The van der Waals surface area contributed by atoms with Gasteiger partial charge in [0.15, 0.2) is 0 Å². The van der Waals surface area contributed by atoms with E-state index in [1.807, 2.05) is 52.0 Å². The van der Waals surface area contributed by atoms with Crippen LogP contribution in [0.5, 0.6) is 0 Å². The Morgan fingerprint density at radius 2 is 1.29 bits per heavy atom. The van der Waals surface area contributed by atoms with Crippen molar-refractivity contribution in [2.24, 2.45) is 0 Å². The molecule has 0 unspecified atom stereocenters. The van der Waals surface area contributed by atoms with Crippen LogP contribution in [0.3, 0.4) is 0 Å². The van der Waals surface area contributed by atoms with E-state index in [4.69, 9.17) is 0 Å². The van der Waals surface area contributed by atoms with Crippen LogP contribution < -0.4 is 18.9 Å². The van der Waals surface area contributed by atoms with Gasteiger partial charge in [0.25, 0.3) is 0 Å². The molecule has 0 bridgehead atoms. The summed E-state index contributed by atoms with van der Waals surface area (Å²) in [4.78, 5) is 31.3. The van der Waals surface area contributed by atoms with Gasteiger partial charge in [0.2, 0.25) is 11.8 Å². The summed E-state index contributed by atoms with van der Waals surface area (Å²) in [5, 5.41) is 0. The first-order valence-electron chi connectivity index (χ1n) is 11.2. The summed E-state index contributed by atoms with van der Waals surface area (Å²) in [6, 6.07) is 8.05. The normalized spacial score (nSPS) is 9.86. The molecular formula is C28H39LiN4O2. The molecule has 0 radical (unpaired) electrons. The Bertz CT molecular complexity index is 1300. The molecule has 0 aliphatic carbocycles. The van der Waals surface area contributed by atoms with Gasteiger partial charge in [0, 0.05) is 13.8 Å². The fourth-order valence-corrected chi connectivity index (χ4v) is 3.37. The van der Waals surface area contributed by atoms with Gasteiger partial charge in [-0.2, -0.15) is 6.42 Å². The minimum Gasteiger partial charge on any atom is -0.343 e. The molecule has 0 fully saturated rings. The molecule has 184 valence electrons. The zero-order valence-corrected chi connectivity index (χ0v) is 22.1. The van der Waals surface area contributed by atoms with E-state index in [1.54, 1.807) is 22.4 Å². The van der Waals surface area contributed by atoms with Crippen LogP contribution in [0.1, 0.15) is 78.7 Å². The first-order chi connectivity index (χ1) is 15.5. The molecule has 0 amide bonds. The molecule has 2 aromatic carbocycles.